The van der Waals surface area contributed by atoms with Crippen molar-refractivity contribution in [3.63, 3.8) is 0 Å². The summed E-state index contributed by atoms with van der Waals surface area (Å²) in [4.78, 5) is 12.2. The summed E-state index contributed by atoms with van der Waals surface area (Å²) in [5, 5.41) is 16.6. The molecule has 1 N–H and O–H groups in total. The van der Waals surface area contributed by atoms with Gasteiger partial charge in [-0.05, 0) is 31.6 Å². The van der Waals surface area contributed by atoms with Crippen molar-refractivity contribution in [1.29, 1.82) is 5.26 Å². The maximum atomic E-state index is 12.2. The molecular weight excluding hydrogens is 280 g/mol. The molecular formula is C16H14N4O2. The minimum absolute atomic E-state index is 0.0476. The highest BCUT2D eigenvalue weighted by atomic mass is 16.5. The molecule has 0 saturated carbocycles. The molecule has 1 aromatic carbocycles. The van der Waals surface area contributed by atoms with Crippen LogP contribution in [-0.2, 0) is 0 Å². The molecule has 1 aromatic heterocycles. The second kappa shape index (κ2) is 6.99. The Morgan fingerprint density at radius 2 is 2.14 bits per heavy atom. The number of carbonyl (C=O) groups is 1. The molecule has 0 aliphatic heterocycles. The van der Waals surface area contributed by atoms with Gasteiger partial charge >= 0.3 is 0 Å². The average Bonchev–Trinajstić information content (AvgIpc) is 3.05. The summed E-state index contributed by atoms with van der Waals surface area (Å²) in [7, 11) is 0. The number of aromatic nitrogens is 1. The number of para-hydroxylation sites is 1. The Morgan fingerprint density at radius 3 is 2.77 bits per heavy atom. The minimum Gasteiger partial charge on any atom is -0.356 e. The van der Waals surface area contributed by atoms with Crippen molar-refractivity contribution in [3.05, 3.63) is 53.9 Å². The van der Waals surface area contributed by atoms with E-state index in [4.69, 9.17) is 9.78 Å². The Bertz CT molecular complexity index is 767. The van der Waals surface area contributed by atoms with Crippen LogP contribution in [0.15, 0.2) is 52.1 Å². The number of Topliss-reactive ketones (excluding diaryl/α,β-unsaturated/α-hetero) is 1. The van der Waals surface area contributed by atoms with Gasteiger partial charge in [0, 0.05) is 6.07 Å². The number of hydrogen-bond acceptors (Lipinski definition) is 6. The Hall–Kier alpha value is -3.20. The third kappa shape index (κ3) is 3.46. The molecule has 6 nitrogen and oxygen atoms in total. The molecule has 0 fully saturated rings. The fraction of sp³-hybridized carbons (Fsp3) is 0.125. The molecule has 1 heterocycles. The van der Waals surface area contributed by atoms with Gasteiger partial charge in [0.1, 0.15) is 6.07 Å². The lowest BCUT2D eigenvalue weighted by atomic mass is 10.1. The van der Waals surface area contributed by atoms with Crippen molar-refractivity contribution in [3.8, 4) is 6.07 Å². The zero-order chi connectivity index (χ0) is 15.9. The van der Waals surface area contributed by atoms with Gasteiger partial charge in [0.05, 0.1) is 5.69 Å². The van der Waals surface area contributed by atoms with Gasteiger partial charge in [-0.25, -0.2) is 0 Å². The first-order chi connectivity index (χ1) is 10.7. The van der Waals surface area contributed by atoms with Gasteiger partial charge in [-0.3, -0.25) is 10.2 Å². The normalized spacial score (nSPS) is 11.9. The van der Waals surface area contributed by atoms with E-state index in [1.807, 2.05) is 38.1 Å². The van der Waals surface area contributed by atoms with E-state index in [1.54, 1.807) is 18.2 Å². The number of nitriles is 1. The predicted octanol–water partition coefficient (Wildman–Crippen LogP) is 3.27. The monoisotopic (exact) mass is 294 g/mol. The van der Waals surface area contributed by atoms with Crippen LogP contribution in [0.4, 0.5) is 5.69 Å². The molecule has 2 rings (SSSR count). The minimum atomic E-state index is -0.593. The standard InChI is InChI=1S/C16H14N4O2/c1-3-11(2)15-9-13(20-22-15)16(21)14(10-17)19-18-12-7-5-4-6-8-12/h3-9,18H,1-2H3/b11-3+,19-14+. The maximum Gasteiger partial charge on any atom is 0.245 e. The lowest BCUT2D eigenvalue weighted by Crippen LogP contribution is -2.14. The number of hydrogen-bond donors (Lipinski definition) is 1. The third-order valence-electron chi connectivity index (χ3n) is 2.96. The third-order valence-corrected chi connectivity index (χ3v) is 2.96. The van der Waals surface area contributed by atoms with Crippen LogP contribution >= 0.6 is 0 Å². The Morgan fingerprint density at radius 1 is 1.41 bits per heavy atom. The largest absolute Gasteiger partial charge is 0.356 e. The molecule has 0 aliphatic rings. The number of carbonyl (C=O) groups excluding carboxylic acids is 1. The van der Waals surface area contributed by atoms with Crippen LogP contribution in [-0.4, -0.2) is 16.7 Å². The van der Waals surface area contributed by atoms with Crippen LogP contribution in [0.2, 0.25) is 0 Å². The first kappa shape index (κ1) is 15.2. The number of rotatable bonds is 5. The van der Waals surface area contributed by atoms with Gasteiger partial charge in [-0.1, -0.05) is 29.4 Å². The van der Waals surface area contributed by atoms with E-state index in [0.717, 1.165) is 5.57 Å². The summed E-state index contributed by atoms with van der Waals surface area (Å²) in [5.74, 6) is -0.107. The van der Waals surface area contributed by atoms with Gasteiger partial charge in [-0.15, -0.1) is 0 Å². The zero-order valence-electron chi connectivity index (χ0n) is 12.2. The molecule has 22 heavy (non-hydrogen) atoms. The van der Waals surface area contributed by atoms with Gasteiger partial charge in [0.2, 0.25) is 11.5 Å². The van der Waals surface area contributed by atoms with Crippen LogP contribution < -0.4 is 5.43 Å². The summed E-state index contributed by atoms with van der Waals surface area (Å²) in [6.45, 7) is 3.69. The molecule has 0 radical (unpaired) electrons. The first-order valence-corrected chi connectivity index (χ1v) is 6.59. The lowest BCUT2D eigenvalue weighted by Gasteiger charge is -1.99. The van der Waals surface area contributed by atoms with Crippen molar-refractivity contribution in [2.75, 3.05) is 5.43 Å². The van der Waals surface area contributed by atoms with E-state index < -0.39 is 5.78 Å². The molecule has 0 unspecified atom stereocenters. The Labute approximate surface area is 127 Å². The molecule has 0 aliphatic carbocycles. The van der Waals surface area contributed by atoms with Crippen molar-refractivity contribution < 1.29 is 9.32 Å². The number of hydrazone groups is 1. The maximum absolute atomic E-state index is 12.2. The van der Waals surface area contributed by atoms with Gasteiger partial charge in [-0.2, -0.15) is 10.4 Å². The molecule has 0 bridgehead atoms. The fourth-order valence-corrected chi connectivity index (χ4v) is 1.59. The average molecular weight is 294 g/mol. The summed E-state index contributed by atoms with van der Waals surface area (Å²) in [5.41, 5.74) is 3.95. The van der Waals surface area contributed by atoms with E-state index in [0.29, 0.717) is 11.4 Å². The first-order valence-electron chi connectivity index (χ1n) is 6.59. The van der Waals surface area contributed by atoms with Crippen molar-refractivity contribution >= 4 is 22.8 Å². The van der Waals surface area contributed by atoms with Crippen molar-refractivity contribution in [2.24, 2.45) is 5.10 Å². The van der Waals surface area contributed by atoms with Crippen molar-refractivity contribution in [2.45, 2.75) is 13.8 Å². The van der Waals surface area contributed by atoms with Crippen LogP contribution in [0.3, 0.4) is 0 Å². The topological polar surface area (TPSA) is 91.3 Å². The summed E-state index contributed by atoms with van der Waals surface area (Å²) < 4.78 is 5.07. The number of allylic oxidation sites excluding steroid dienone is 2. The van der Waals surface area contributed by atoms with E-state index in [-0.39, 0.29) is 11.4 Å². The molecule has 0 atom stereocenters. The van der Waals surface area contributed by atoms with E-state index in [9.17, 15) is 4.79 Å². The van der Waals surface area contributed by atoms with Crippen molar-refractivity contribution in [1.82, 2.24) is 5.16 Å². The molecule has 0 saturated heterocycles. The van der Waals surface area contributed by atoms with E-state index in [1.165, 1.54) is 6.07 Å². The highest BCUT2D eigenvalue weighted by molar-refractivity contribution is 6.51. The van der Waals surface area contributed by atoms with Gasteiger partial charge in [0.25, 0.3) is 0 Å². The van der Waals surface area contributed by atoms with E-state index >= 15 is 0 Å². The fourth-order valence-electron chi connectivity index (χ4n) is 1.59. The molecule has 6 heteroatoms. The van der Waals surface area contributed by atoms with Gasteiger partial charge < -0.3 is 4.52 Å². The SMILES string of the molecule is C/C=C(\C)c1cc(C(=O)/C(C#N)=N/Nc2ccccc2)no1. The Balaban J connectivity index is 2.19. The number of nitrogens with one attached hydrogen (secondary N) is 1. The number of nitrogens with zero attached hydrogens (tertiary/aromatic N) is 3. The molecule has 0 amide bonds. The molecule has 110 valence electrons. The number of benzene rings is 1. The second-order valence-electron chi connectivity index (χ2n) is 4.43. The molecule has 2 aromatic rings. The quantitative estimate of drug-likeness (QED) is 0.519. The highest BCUT2D eigenvalue weighted by Gasteiger charge is 2.19. The Kier molecular flexibility index (Phi) is 4.83. The lowest BCUT2D eigenvalue weighted by molar-refractivity contribution is 0.105. The van der Waals surface area contributed by atoms with Crippen LogP contribution in [0, 0.1) is 11.3 Å². The zero-order valence-corrected chi connectivity index (χ0v) is 12.2. The van der Waals surface area contributed by atoms with Crippen LogP contribution in [0.1, 0.15) is 30.1 Å². The smallest absolute Gasteiger partial charge is 0.245 e. The highest BCUT2D eigenvalue weighted by Crippen LogP contribution is 2.15. The number of anilines is 1. The van der Waals surface area contributed by atoms with E-state index in [2.05, 4.69) is 15.7 Å². The van der Waals surface area contributed by atoms with Gasteiger partial charge in [0.15, 0.2) is 11.5 Å². The summed E-state index contributed by atoms with van der Waals surface area (Å²) in [6, 6.07) is 12.3. The predicted molar refractivity (Wildman–Crippen MR) is 83.3 cm³/mol. The van der Waals surface area contributed by atoms with Crippen LogP contribution in [0.5, 0.6) is 0 Å². The molecule has 0 spiro atoms. The summed E-state index contributed by atoms with van der Waals surface area (Å²) >= 11 is 0. The van der Waals surface area contributed by atoms with Crippen LogP contribution in [0.25, 0.3) is 5.57 Å². The summed E-state index contributed by atoms with van der Waals surface area (Å²) in [6.07, 6.45) is 1.84. The second-order valence-corrected chi connectivity index (χ2v) is 4.43. The number of ketones is 1.